The summed E-state index contributed by atoms with van der Waals surface area (Å²) in [4.78, 5) is 17.7. The van der Waals surface area contributed by atoms with Gasteiger partial charge in [-0.1, -0.05) is 30.3 Å². The number of thiazole rings is 1. The highest BCUT2D eigenvalue weighted by molar-refractivity contribution is 7.16. The molecule has 1 amide bonds. The maximum Gasteiger partial charge on any atom is 0.263 e. The minimum atomic E-state index is -0.0177. The largest absolute Gasteiger partial charge is 0.489 e. The van der Waals surface area contributed by atoms with Gasteiger partial charge in [0.2, 0.25) is 0 Å². The van der Waals surface area contributed by atoms with Crippen LogP contribution in [-0.2, 0) is 6.61 Å². The van der Waals surface area contributed by atoms with E-state index in [9.17, 15) is 4.79 Å². The summed E-state index contributed by atoms with van der Waals surface area (Å²) < 4.78 is 5.84. The zero-order chi connectivity index (χ0) is 19.6. The second-order valence-electron chi connectivity index (χ2n) is 7.69. The van der Waals surface area contributed by atoms with E-state index in [4.69, 9.17) is 4.74 Å². The number of carbonyl (C=O) groups excluding carboxylic acids is 1. The Hall–Kier alpha value is -2.70. The first-order valence-electron chi connectivity index (χ1n) is 10.0. The van der Waals surface area contributed by atoms with Crippen molar-refractivity contribution < 1.29 is 9.53 Å². The van der Waals surface area contributed by atoms with Gasteiger partial charge in [0.05, 0.1) is 6.20 Å². The fourth-order valence-electron chi connectivity index (χ4n) is 4.17. The molecule has 2 fully saturated rings. The standard InChI is InChI=1S/C23H23N3O2S/c27-22(26-20-12-17-8-11-19(20)25-17)21-13-24-23(29-21)16-6-9-18(10-7-16)28-14-15-4-2-1-3-5-15/h1-7,9-10,13,17,19-20,25H,8,11-12,14H2,(H,26,27). The summed E-state index contributed by atoms with van der Waals surface area (Å²) in [5, 5.41) is 7.58. The Bertz CT molecular complexity index is 987. The van der Waals surface area contributed by atoms with Crippen LogP contribution in [0.15, 0.2) is 60.8 Å². The third-order valence-electron chi connectivity index (χ3n) is 5.70. The van der Waals surface area contributed by atoms with Crippen molar-refractivity contribution in [1.29, 1.82) is 0 Å². The van der Waals surface area contributed by atoms with Gasteiger partial charge < -0.3 is 15.4 Å². The maximum absolute atomic E-state index is 12.6. The van der Waals surface area contributed by atoms with Crippen molar-refractivity contribution in [1.82, 2.24) is 15.6 Å². The Morgan fingerprint density at radius 1 is 1.14 bits per heavy atom. The first-order valence-corrected chi connectivity index (χ1v) is 10.9. The molecule has 3 atom stereocenters. The molecule has 2 N–H and O–H groups in total. The number of hydrogen-bond donors (Lipinski definition) is 2. The molecule has 2 bridgehead atoms. The summed E-state index contributed by atoms with van der Waals surface area (Å²) in [5.74, 6) is 0.798. The first-order chi connectivity index (χ1) is 14.2. The average molecular weight is 406 g/mol. The summed E-state index contributed by atoms with van der Waals surface area (Å²) in [6.45, 7) is 0.541. The molecule has 3 aromatic rings. The maximum atomic E-state index is 12.6. The van der Waals surface area contributed by atoms with E-state index in [1.165, 1.54) is 17.8 Å². The third kappa shape index (κ3) is 4.04. The van der Waals surface area contributed by atoms with Gasteiger partial charge in [-0.25, -0.2) is 4.98 Å². The van der Waals surface area contributed by atoms with Gasteiger partial charge in [0, 0.05) is 23.7 Å². The lowest BCUT2D eigenvalue weighted by Crippen LogP contribution is -2.42. The van der Waals surface area contributed by atoms with Gasteiger partial charge >= 0.3 is 0 Å². The molecule has 6 heteroatoms. The highest BCUT2D eigenvalue weighted by Crippen LogP contribution is 2.30. The number of hydrogen-bond acceptors (Lipinski definition) is 5. The number of carbonyl (C=O) groups is 1. The van der Waals surface area contributed by atoms with Crippen LogP contribution in [0.25, 0.3) is 10.6 Å². The number of ether oxygens (including phenoxy) is 1. The highest BCUT2D eigenvalue weighted by atomic mass is 32.1. The molecular weight excluding hydrogens is 382 g/mol. The zero-order valence-electron chi connectivity index (χ0n) is 16.0. The minimum Gasteiger partial charge on any atom is -0.489 e. The molecule has 2 aliphatic rings. The number of rotatable bonds is 6. The average Bonchev–Trinajstić information content (AvgIpc) is 3.50. The summed E-state index contributed by atoms with van der Waals surface area (Å²) in [7, 11) is 0. The molecule has 3 heterocycles. The lowest BCUT2D eigenvalue weighted by Gasteiger charge is -2.20. The van der Waals surface area contributed by atoms with E-state index in [-0.39, 0.29) is 11.9 Å². The molecule has 2 aromatic carbocycles. The van der Waals surface area contributed by atoms with Crippen LogP contribution in [0, 0.1) is 0 Å². The molecule has 2 saturated heterocycles. The number of nitrogens with zero attached hydrogens (tertiary/aromatic N) is 1. The molecule has 0 radical (unpaired) electrons. The summed E-state index contributed by atoms with van der Waals surface area (Å²) in [6, 6.07) is 19.2. The quantitative estimate of drug-likeness (QED) is 0.650. The molecule has 5 rings (SSSR count). The van der Waals surface area contributed by atoms with Gasteiger partial charge in [-0.05, 0) is 49.1 Å². The fraction of sp³-hybridized carbons (Fsp3) is 0.304. The van der Waals surface area contributed by atoms with Gasteiger partial charge in [0.15, 0.2) is 0 Å². The fourth-order valence-corrected chi connectivity index (χ4v) is 5.00. The molecule has 0 saturated carbocycles. The van der Waals surface area contributed by atoms with Gasteiger partial charge in [0.25, 0.3) is 5.91 Å². The van der Waals surface area contributed by atoms with Crippen molar-refractivity contribution in [2.24, 2.45) is 0 Å². The second-order valence-corrected chi connectivity index (χ2v) is 8.72. The molecule has 29 heavy (non-hydrogen) atoms. The van der Waals surface area contributed by atoms with E-state index < -0.39 is 0 Å². The normalized spacial score (nSPS) is 22.6. The van der Waals surface area contributed by atoms with Crippen molar-refractivity contribution in [3.05, 3.63) is 71.2 Å². The molecule has 2 aliphatic heterocycles. The van der Waals surface area contributed by atoms with E-state index in [0.29, 0.717) is 23.6 Å². The zero-order valence-corrected chi connectivity index (χ0v) is 16.8. The van der Waals surface area contributed by atoms with Gasteiger partial charge in [0.1, 0.15) is 22.2 Å². The summed E-state index contributed by atoms with van der Waals surface area (Å²) in [6.07, 6.45) is 5.09. The van der Waals surface area contributed by atoms with E-state index in [1.807, 2.05) is 54.6 Å². The number of benzene rings is 2. The topological polar surface area (TPSA) is 63.2 Å². The Morgan fingerprint density at radius 2 is 1.97 bits per heavy atom. The van der Waals surface area contributed by atoms with Crippen LogP contribution in [0.4, 0.5) is 0 Å². The highest BCUT2D eigenvalue weighted by Gasteiger charge is 2.39. The van der Waals surface area contributed by atoms with Crippen LogP contribution in [0.5, 0.6) is 5.75 Å². The van der Waals surface area contributed by atoms with Crippen LogP contribution in [0.1, 0.15) is 34.5 Å². The molecule has 0 spiro atoms. The predicted molar refractivity (Wildman–Crippen MR) is 114 cm³/mol. The second kappa shape index (κ2) is 7.97. The Kier molecular flexibility index (Phi) is 5.04. The van der Waals surface area contributed by atoms with Gasteiger partial charge in [-0.15, -0.1) is 11.3 Å². The molecule has 148 valence electrons. The van der Waals surface area contributed by atoms with E-state index in [1.54, 1.807) is 6.20 Å². The Morgan fingerprint density at radius 3 is 2.69 bits per heavy atom. The minimum absolute atomic E-state index is 0.0177. The van der Waals surface area contributed by atoms with Gasteiger partial charge in [-0.2, -0.15) is 0 Å². The lowest BCUT2D eigenvalue weighted by atomic mass is 9.95. The van der Waals surface area contributed by atoms with Crippen molar-refractivity contribution in [2.75, 3.05) is 0 Å². The molecule has 3 unspecified atom stereocenters. The van der Waals surface area contributed by atoms with Crippen molar-refractivity contribution in [3.8, 4) is 16.3 Å². The number of nitrogens with one attached hydrogen (secondary N) is 2. The Labute approximate surface area is 174 Å². The van der Waals surface area contributed by atoms with Gasteiger partial charge in [-0.3, -0.25) is 4.79 Å². The third-order valence-corrected chi connectivity index (χ3v) is 6.74. The van der Waals surface area contributed by atoms with E-state index in [2.05, 4.69) is 15.6 Å². The molecule has 0 aliphatic carbocycles. The first kappa shape index (κ1) is 18.3. The van der Waals surface area contributed by atoms with Crippen molar-refractivity contribution in [3.63, 3.8) is 0 Å². The van der Waals surface area contributed by atoms with Crippen molar-refractivity contribution >= 4 is 17.2 Å². The van der Waals surface area contributed by atoms with Crippen LogP contribution in [0.3, 0.4) is 0 Å². The van der Waals surface area contributed by atoms with Crippen molar-refractivity contribution in [2.45, 2.75) is 44.0 Å². The van der Waals surface area contributed by atoms with Crippen LogP contribution in [-0.4, -0.2) is 29.0 Å². The molecule has 1 aromatic heterocycles. The lowest BCUT2D eigenvalue weighted by molar-refractivity contribution is 0.0935. The van der Waals surface area contributed by atoms with Crippen LogP contribution >= 0.6 is 11.3 Å². The molecule has 5 nitrogen and oxygen atoms in total. The van der Waals surface area contributed by atoms with Crippen LogP contribution < -0.4 is 15.4 Å². The number of fused-ring (bicyclic) bond motifs is 2. The van der Waals surface area contributed by atoms with E-state index in [0.717, 1.165) is 34.7 Å². The smallest absolute Gasteiger partial charge is 0.263 e. The summed E-state index contributed by atoms with van der Waals surface area (Å²) in [5.41, 5.74) is 2.13. The number of amides is 1. The predicted octanol–water partition coefficient (Wildman–Crippen LogP) is 4.01. The monoisotopic (exact) mass is 405 g/mol. The summed E-state index contributed by atoms with van der Waals surface area (Å²) >= 11 is 1.43. The molecular formula is C23H23N3O2S. The van der Waals surface area contributed by atoms with Crippen LogP contribution in [0.2, 0.25) is 0 Å². The Balaban J connectivity index is 1.20. The number of aromatic nitrogens is 1. The van der Waals surface area contributed by atoms with E-state index >= 15 is 0 Å². The SMILES string of the molecule is O=C(NC1CC2CCC1N2)c1cnc(-c2ccc(OCc3ccccc3)cc2)s1.